The third-order valence-corrected chi connectivity index (χ3v) is 6.36. The summed E-state index contributed by atoms with van der Waals surface area (Å²) in [6, 6.07) is 14.1. The molecule has 2 aromatic rings. The van der Waals surface area contributed by atoms with Gasteiger partial charge in [0.05, 0.1) is 6.04 Å². The second-order valence-corrected chi connectivity index (χ2v) is 9.06. The molecule has 4 nitrogen and oxygen atoms in total. The number of sulfone groups is 1. The first kappa shape index (κ1) is 17.0. The topological polar surface area (TPSA) is 54.5 Å². The molecule has 3 rings (SSSR count). The van der Waals surface area contributed by atoms with Crippen molar-refractivity contribution in [3.8, 4) is 0 Å². The summed E-state index contributed by atoms with van der Waals surface area (Å²) in [5.74, 6) is -0.291. The van der Waals surface area contributed by atoms with Gasteiger partial charge in [0.1, 0.15) is 5.25 Å². The van der Waals surface area contributed by atoms with Crippen molar-refractivity contribution >= 4 is 26.5 Å². The minimum absolute atomic E-state index is 0.149. The van der Waals surface area contributed by atoms with Crippen LogP contribution in [0.25, 0.3) is 10.8 Å². The zero-order valence-corrected chi connectivity index (χ0v) is 15.1. The number of nitrogens with zero attached hydrogens (tertiary/aromatic N) is 1. The van der Waals surface area contributed by atoms with Crippen LogP contribution in [-0.2, 0) is 14.6 Å². The monoisotopic (exact) mass is 345 g/mol. The van der Waals surface area contributed by atoms with Gasteiger partial charge in [-0.1, -0.05) is 42.5 Å². The van der Waals surface area contributed by atoms with Gasteiger partial charge in [-0.2, -0.15) is 0 Å². The summed E-state index contributed by atoms with van der Waals surface area (Å²) >= 11 is 0. The Balaban J connectivity index is 2.01. The second kappa shape index (κ2) is 6.20. The van der Waals surface area contributed by atoms with Gasteiger partial charge in [-0.25, -0.2) is 8.42 Å². The molecule has 1 aliphatic carbocycles. The average molecular weight is 345 g/mol. The van der Waals surface area contributed by atoms with Crippen LogP contribution in [0.3, 0.4) is 0 Å². The van der Waals surface area contributed by atoms with Crippen molar-refractivity contribution in [1.82, 2.24) is 4.90 Å². The van der Waals surface area contributed by atoms with Gasteiger partial charge in [-0.15, -0.1) is 0 Å². The molecule has 0 unspecified atom stereocenters. The lowest BCUT2D eigenvalue weighted by molar-refractivity contribution is -0.133. The fourth-order valence-electron chi connectivity index (χ4n) is 3.20. The summed E-state index contributed by atoms with van der Waals surface area (Å²) in [5.41, 5.74) is 1.06. The van der Waals surface area contributed by atoms with Crippen molar-refractivity contribution in [1.29, 1.82) is 0 Å². The maximum Gasteiger partial charge on any atom is 0.241 e. The Morgan fingerprint density at radius 1 is 1.08 bits per heavy atom. The first-order valence-electron chi connectivity index (χ1n) is 8.29. The SMILES string of the molecule is C[C@H](c1cccc2ccccc12)N(C(=O)[C@H](C)S(C)(=O)=O)C1CC1. The van der Waals surface area contributed by atoms with Crippen LogP contribution >= 0.6 is 0 Å². The van der Waals surface area contributed by atoms with Gasteiger partial charge in [-0.3, -0.25) is 4.79 Å². The lowest BCUT2D eigenvalue weighted by Gasteiger charge is -2.32. The van der Waals surface area contributed by atoms with E-state index in [1.165, 1.54) is 6.92 Å². The molecule has 0 aliphatic heterocycles. The lowest BCUT2D eigenvalue weighted by Crippen LogP contribution is -2.43. The number of hydrogen-bond acceptors (Lipinski definition) is 3. The molecule has 2 aromatic carbocycles. The van der Waals surface area contributed by atoms with E-state index in [4.69, 9.17) is 0 Å². The van der Waals surface area contributed by atoms with Gasteiger partial charge < -0.3 is 4.90 Å². The third-order valence-electron chi connectivity index (χ3n) is 4.88. The minimum Gasteiger partial charge on any atom is -0.332 e. The maximum absolute atomic E-state index is 12.9. The molecule has 24 heavy (non-hydrogen) atoms. The zero-order valence-electron chi connectivity index (χ0n) is 14.3. The Kier molecular flexibility index (Phi) is 4.38. The van der Waals surface area contributed by atoms with Crippen molar-refractivity contribution in [3.05, 3.63) is 48.0 Å². The number of rotatable bonds is 5. The molecular weight excluding hydrogens is 322 g/mol. The first-order valence-corrected chi connectivity index (χ1v) is 10.2. The van der Waals surface area contributed by atoms with E-state index >= 15 is 0 Å². The molecule has 5 heteroatoms. The molecule has 128 valence electrons. The highest BCUT2D eigenvalue weighted by Gasteiger charge is 2.40. The van der Waals surface area contributed by atoms with Crippen LogP contribution in [-0.4, -0.2) is 36.8 Å². The van der Waals surface area contributed by atoms with E-state index in [9.17, 15) is 13.2 Å². The van der Waals surface area contributed by atoms with Crippen LogP contribution in [0.4, 0.5) is 0 Å². The molecule has 0 heterocycles. The highest BCUT2D eigenvalue weighted by Crippen LogP contribution is 2.37. The van der Waals surface area contributed by atoms with E-state index in [1.807, 2.05) is 43.3 Å². The Hall–Kier alpha value is -1.88. The third kappa shape index (κ3) is 3.18. The summed E-state index contributed by atoms with van der Waals surface area (Å²) in [4.78, 5) is 14.7. The van der Waals surface area contributed by atoms with Gasteiger partial charge in [0.25, 0.3) is 0 Å². The summed E-state index contributed by atoms with van der Waals surface area (Å²) < 4.78 is 23.7. The van der Waals surface area contributed by atoms with Crippen molar-refractivity contribution in [3.63, 3.8) is 0 Å². The largest absolute Gasteiger partial charge is 0.332 e. The molecule has 0 spiro atoms. The highest BCUT2D eigenvalue weighted by molar-refractivity contribution is 7.92. The highest BCUT2D eigenvalue weighted by atomic mass is 32.2. The Bertz CT molecular complexity index is 866. The summed E-state index contributed by atoms with van der Waals surface area (Å²) in [6.07, 6.45) is 3.01. The second-order valence-electron chi connectivity index (χ2n) is 6.69. The zero-order chi connectivity index (χ0) is 17.5. The number of amides is 1. The number of hydrogen-bond donors (Lipinski definition) is 0. The molecule has 0 saturated heterocycles. The van der Waals surface area contributed by atoms with Crippen molar-refractivity contribution < 1.29 is 13.2 Å². The molecule has 2 atom stereocenters. The smallest absolute Gasteiger partial charge is 0.241 e. The van der Waals surface area contributed by atoms with E-state index in [2.05, 4.69) is 6.07 Å². The van der Waals surface area contributed by atoms with Crippen molar-refractivity contribution in [2.75, 3.05) is 6.26 Å². The van der Waals surface area contributed by atoms with Crippen LogP contribution < -0.4 is 0 Å². The number of carbonyl (C=O) groups excluding carboxylic acids is 1. The van der Waals surface area contributed by atoms with Crippen LogP contribution in [0.2, 0.25) is 0 Å². The number of benzene rings is 2. The van der Waals surface area contributed by atoms with Crippen molar-refractivity contribution in [2.45, 2.75) is 44.0 Å². The Morgan fingerprint density at radius 2 is 1.71 bits per heavy atom. The first-order chi connectivity index (χ1) is 11.3. The summed E-state index contributed by atoms with van der Waals surface area (Å²) in [5, 5.41) is 1.23. The van der Waals surface area contributed by atoms with Gasteiger partial charge in [0, 0.05) is 12.3 Å². The predicted octanol–water partition coefficient (Wildman–Crippen LogP) is 3.32. The molecule has 1 saturated carbocycles. The van der Waals surface area contributed by atoms with Crippen molar-refractivity contribution in [2.24, 2.45) is 0 Å². The molecule has 0 bridgehead atoms. The fraction of sp³-hybridized carbons (Fsp3) is 0.421. The summed E-state index contributed by atoms with van der Waals surface area (Å²) in [7, 11) is -3.40. The normalized spacial score (nSPS) is 17.5. The van der Waals surface area contributed by atoms with Gasteiger partial charge >= 0.3 is 0 Å². The van der Waals surface area contributed by atoms with Crippen LogP contribution in [0.15, 0.2) is 42.5 Å². The minimum atomic E-state index is -3.40. The van der Waals surface area contributed by atoms with Gasteiger partial charge in [-0.05, 0) is 43.0 Å². The van der Waals surface area contributed by atoms with E-state index in [-0.39, 0.29) is 18.0 Å². The molecule has 1 amide bonds. The van der Waals surface area contributed by atoms with Gasteiger partial charge in [0.15, 0.2) is 9.84 Å². The van der Waals surface area contributed by atoms with E-state index < -0.39 is 15.1 Å². The number of carbonyl (C=O) groups is 1. The van der Waals surface area contributed by atoms with Crippen LogP contribution in [0.5, 0.6) is 0 Å². The molecular formula is C19H23NO3S. The van der Waals surface area contributed by atoms with Gasteiger partial charge in [0.2, 0.25) is 5.91 Å². The van der Waals surface area contributed by atoms with Crippen LogP contribution in [0.1, 0.15) is 38.3 Å². The Labute approximate surface area is 143 Å². The standard InChI is InChI=1S/C19H23NO3S/c1-13(17-10-6-8-15-7-4-5-9-18(15)17)20(16-11-12-16)19(21)14(2)24(3,22)23/h4-10,13-14,16H,11-12H2,1-3H3/t13-,14+/m1/s1. The fourth-order valence-corrected chi connectivity index (χ4v) is 3.69. The van der Waals surface area contributed by atoms with E-state index in [0.29, 0.717) is 0 Å². The average Bonchev–Trinajstić information content (AvgIpc) is 3.37. The Morgan fingerprint density at radius 3 is 2.33 bits per heavy atom. The molecule has 0 radical (unpaired) electrons. The van der Waals surface area contributed by atoms with E-state index in [0.717, 1.165) is 35.4 Å². The molecule has 0 aromatic heterocycles. The predicted molar refractivity (Wildman–Crippen MR) is 96.5 cm³/mol. The summed E-state index contributed by atoms with van der Waals surface area (Å²) in [6.45, 7) is 3.48. The lowest BCUT2D eigenvalue weighted by atomic mass is 9.98. The maximum atomic E-state index is 12.9. The quantitative estimate of drug-likeness (QED) is 0.835. The molecule has 1 fully saturated rings. The molecule has 0 N–H and O–H groups in total. The number of fused-ring (bicyclic) bond motifs is 1. The molecule has 1 aliphatic rings. The van der Waals surface area contributed by atoms with Crippen LogP contribution in [0, 0.1) is 0 Å². The van der Waals surface area contributed by atoms with E-state index in [1.54, 1.807) is 4.90 Å².